The van der Waals surface area contributed by atoms with Crippen molar-refractivity contribution in [2.24, 2.45) is 5.73 Å². The molecule has 4 heteroatoms. The molecular formula is C12H21N3O. The number of hydrogen-bond donors (Lipinski definition) is 2. The predicted molar refractivity (Wildman–Crippen MR) is 65.6 cm³/mol. The third kappa shape index (κ3) is 4.16. The highest BCUT2D eigenvalue weighted by Crippen LogP contribution is 2.14. The van der Waals surface area contributed by atoms with Gasteiger partial charge >= 0.3 is 0 Å². The summed E-state index contributed by atoms with van der Waals surface area (Å²) >= 11 is 0. The Morgan fingerprint density at radius 2 is 2.25 bits per heavy atom. The first-order chi connectivity index (χ1) is 7.84. The maximum Gasteiger partial charge on any atom is 0.138 e. The number of nitrogens with one attached hydrogen (secondary N) is 1. The van der Waals surface area contributed by atoms with Crippen LogP contribution in [0.3, 0.4) is 0 Å². The zero-order valence-electron chi connectivity index (χ0n) is 10.1. The van der Waals surface area contributed by atoms with Gasteiger partial charge in [0.05, 0.1) is 6.20 Å². The van der Waals surface area contributed by atoms with E-state index in [0.29, 0.717) is 6.10 Å². The van der Waals surface area contributed by atoms with Gasteiger partial charge in [-0.3, -0.25) is 4.98 Å². The van der Waals surface area contributed by atoms with E-state index in [4.69, 9.17) is 4.74 Å². The van der Waals surface area contributed by atoms with Crippen LogP contribution in [0.25, 0.3) is 0 Å². The highest BCUT2D eigenvalue weighted by molar-refractivity contribution is 5.19. The number of ether oxygens (including phenoxy) is 1. The number of aromatic nitrogens is 1. The molecule has 0 spiro atoms. The fourth-order valence-electron chi connectivity index (χ4n) is 1.64. The van der Waals surface area contributed by atoms with E-state index in [9.17, 15) is 0 Å². The minimum absolute atomic E-state index is 0.313. The molecule has 0 aliphatic carbocycles. The van der Waals surface area contributed by atoms with Crippen LogP contribution in [0.4, 0.5) is 0 Å². The van der Waals surface area contributed by atoms with E-state index >= 15 is 0 Å². The van der Waals surface area contributed by atoms with Crippen molar-refractivity contribution in [3.8, 4) is 5.75 Å². The first kappa shape index (κ1) is 12.9. The number of pyridine rings is 1. The second kappa shape index (κ2) is 7.19. The van der Waals surface area contributed by atoms with E-state index < -0.39 is 0 Å². The summed E-state index contributed by atoms with van der Waals surface area (Å²) in [5.74, 6) is 0.879. The van der Waals surface area contributed by atoms with Crippen LogP contribution in [0.5, 0.6) is 5.75 Å². The molecule has 1 aromatic rings. The maximum atomic E-state index is 5.79. The van der Waals surface area contributed by atoms with Crippen molar-refractivity contribution < 1.29 is 4.74 Å². The van der Waals surface area contributed by atoms with E-state index in [0.717, 1.165) is 31.0 Å². The largest absolute Gasteiger partial charge is 0.487 e. The van der Waals surface area contributed by atoms with Crippen LogP contribution in [0.15, 0.2) is 18.3 Å². The lowest BCUT2D eigenvalue weighted by Gasteiger charge is -2.23. The number of piperidine rings is 1. The van der Waals surface area contributed by atoms with E-state index in [1.807, 2.05) is 19.1 Å². The number of nitrogens with two attached hydrogens (primary N) is 1. The Morgan fingerprint density at radius 3 is 2.81 bits per heavy atom. The number of hydrogen-bond acceptors (Lipinski definition) is 4. The molecule has 1 aromatic heterocycles. The highest BCUT2D eigenvalue weighted by Gasteiger charge is 2.13. The Bertz CT molecular complexity index is 281. The first-order valence-corrected chi connectivity index (χ1v) is 5.72. The van der Waals surface area contributed by atoms with Crippen LogP contribution in [0.1, 0.15) is 18.5 Å². The fourth-order valence-corrected chi connectivity index (χ4v) is 1.64. The molecule has 1 unspecified atom stereocenters. The van der Waals surface area contributed by atoms with Crippen LogP contribution in [0.2, 0.25) is 0 Å². The van der Waals surface area contributed by atoms with Gasteiger partial charge in [0.1, 0.15) is 11.9 Å². The zero-order valence-corrected chi connectivity index (χ0v) is 10.1. The Balaban J connectivity index is 0.000000606. The lowest BCUT2D eigenvalue weighted by Crippen LogP contribution is -2.37. The van der Waals surface area contributed by atoms with Gasteiger partial charge in [-0.1, -0.05) is 0 Å². The third-order valence-corrected chi connectivity index (χ3v) is 2.44. The smallest absolute Gasteiger partial charge is 0.138 e. The highest BCUT2D eigenvalue weighted by atomic mass is 16.5. The minimum atomic E-state index is 0.313. The molecule has 0 radical (unpaired) electrons. The van der Waals surface area contributed by atoms with Gasteiger partial charge in [-0.2, -0.15) is 0 Å². The summed E-state index contributed by atoms with van der Waals surface area (Å²) in [7, 11) is 1.50. The van der Waals surface area contributed by atoms with Gasteiger partial charge in [0, 0.05) is 12.2 Å². The van der Waals surface area contributed by atoms with Crippen molar-refractivity contribution in [2.75, 3.05) is 20.1 Å². The van der Waals surface area contributed by atoms with Gasteiger partial charge in [-0.25, -0.2) is 0 Å². The molecular weight excluding hydrogens is 202 g/mol. The van der Waals surface area contributed by atoms with Gasteiger partial charge in [0.2, 0.25) is 0 Å². The maximum absolute atomic E-state index is 5.79. The van der Waals surface area contributed by atoms with Crippen molar-refractivity contribution in [3.63, 3.8) is 0 Å². The average Bonchev–Trinajstić information content (AvgIpc) is 2.36. The SMILES string of the molecule is CN.Cc1ccc(OC2CCCNC2)cn1. The summed E-state index contributed by atoms with van der Waals surface area (Å²) in [5.41, 5.74) is 5.53. The Labute approximate surface area is 97.2 Å². The summed E-state index contributed by atoms with van der Waals surface area (Å²) in [5, 5.41) is 3.32. The molecule has 16 heavy (non-hydrogen) atoms. The molecule has 2 rings (SSSR count). The van der Waals surface area contributed by atoms with Crippen molar-refractivity contribution in [1.82, 2.24) is 10.3 Å². The molecule has 1 fully saturated rings. The van der Waals surface area contributed by atoms with Gasteiger partial charge in [-0.05, 0) is 45.5 Å². The molecule has 0 aromatic carbocycles. The number of aryl methyl sites for hydroxylation is 1. The van der Waals surface area contributed by atoms with Gasteiger partial charge in [-0.15, -0.1) is 0 Å². The molecule has 2 heterocycles. The summed E-state index contributed by atoms with van der Waals surface area (Å²) in [6.45, 7) is 4.05. The molecule has 1 aliphatic heterocycles. The lowest BCUT2D eigenvalue weighted by molar-refractivity contribution is 0.166. The lowest BCUT2D eigenvalue weighted by atomic mass is 10.1. The van der Waals surface area contributed by atoms with E-state index in [1.54, 1.807) is 6.20 Å². The summed E-state index contributed by atoms with van der Waals surface area (Å²) in [6.07, 6.45) is 4.45. The van der Waals surface area contributed by atoms with Gasteiger partial charge in [0.15, 0.2) is 0 Å². The van der Waals surface area contributed by atoms with Crippen LogP contribution < -0.4 is 15.8 Å². The Hall–Kier alpha value is -1.13. The quantitative estimate of drug-likeness (QED) is 0.788. The van der Waals surface area contributed by atoms with Crippen molar-refractivity contribution >= 4 is 0 Å². The minimum Gasteiger partial charge on any atom is -0.487 e. The topological polar surface area (TPSA) is 60.2 Å². The van der Waals surface area contributed by atoms with Crippen molar-refractivity contribution in [2.45, 2.75) is 25.9 Å². The third-order valence-electron chi connectivity index (χ3n) is 2.44. The summed E-state index contributed by atoms with van der Waals surface area (Å²) in [6, 6.07) is 3.96. The monoisotopic (exact) mass is 223 g/mol. The van der Waals surface area contributed by atoms with Gasteiger partial charge < -0.3 is 15.8 Å². The van der Waals surface area contributed by atoms with E-state index in [2.05, 4.69) is 16.0 Å². The molecule has 3 N–H and O–H groups in total. The molecule has 0 amide bonds. The molecule has 0 saturated carbocycles. The van der Waals surface area contributed by atoms with Crippen molar-refractivity contribution in [1.29, 1.82) is 0 Å². The fraction of sp³-hybridized carbons (Fsp3) is 0.583. The second-order valence-electron chi connectivity index (χ2n) is 3.72. The van der Waals surface area contributed by atoms with Crippen LogP contribution >= 0.6 is 0 Å². The molecule has 90 valence electrons. The van der Waals surface area contributed by atoms with Crippen molar-refractivity contribution in [3.05, 3.63) is 24.0 Å². The average molecular weight is 223 g/mol. The first-order valence-electron chi connectivity index (χ1n) is 5.72. The molecule has 1 atom stereocenters. The van der Waals surface area contributed by atoms with Crippen LogP contribution in [-0.2, 0) is 0 Å². The Kier molecular flexibility index (Phi) is 5.82. The zero-order chi connectivity index (χ0) is 11.8. The second-order valence-corrected chi connectivity index (χ2v) is 3.72. The van der Waals surface area contributed by atoms with E-state index in [-0.39, 0.29) is 0 Å². The molecule has 4 nitrogen and oxygen atoms in total. The van der Waals surface area contributed by atoms with Gasteiger partial charge in [0.25, 0.3) is 0 Å². The molecule has 1 aliphatic rings. The normalized spacial score (nSPS) is 19.6. The van der Waals surface area contributed by atoms with Crippen LogP contribution in [0, 0.1) is 6.92 Å². The van der Waals surface area contributed by atoms with Crippen LogP contribution in [-0.4, -0.2) is 31.2 Å². The van der Waals surface area contributed by atoms with E-state index in [1.165, 1.54) is 13.5 Å². The number of nitrogens with zero attached hydrogens (tertiary/aromatic N) is 1. The summed E-state index contributed by atoms with van der Waals surface area (Å²) in [4.78, 5) is 4.20. The predicted octanol–water partition coefficient (Wildman–Crippen LogP) is 1.10. The molecule has 1 saturated heterocycles. The number of rotatable bonds is 2. The Morgan fingerprint density at radius 1 is 1.44 bits per heavy atom. The standard InChI is InChI=1S/C11H16N2O.CH5N/c1-9-4-5-11(8-13-9)14-10-3-2-6-12-7-10;1-2/h4-5,8,10,12H,2-3,6-7H2,1H3;2H2,1H3. The summed E-state index contributed by atoms with van der Waals surface area (Å²) < 4.78 is 5.79. The molecule has 0 bridgehead atoms.